The van der Waals surface area contributed by atoms with Crippen LogP contribution in [0.15, 0.2) is 0 Å². The third-order valence-electron chi connectivity index (χ3n) is 2.87. The first-order chi connectivity index (χ1) is 6.35. The molecular formula is C9H15NO4. The zero-order valence-corrected chi connectivity index (χ0v) is 8.28. The molecule has 1 aliphatic heterocycles. The third kappa shape index (κ3) is 1.87. The lowest BCUT2D eigenvalue weighted by Crippen LogP contribution is -2.46. The van der Waals surface area contributed by atoms with Crippen molar-refractivity contribution in [2.75, 3.05) is 0 Å². The van der Waals surface area contributed by atoms with Crippen molar-refractivity contribution in [3.63, 3.8) is 0 Å². The van der Waals surface area contributed by atoms with Gasteiger partial charge in [-0.1, -0.05) is 0 Å². The largest absolute Gasteiger partial charge is 0.481 e. The zero-order valence-electron chi connectivity index (χ0n) is 8.28. The standard InChI is InChI=1S/C9H15NO4/c1-9(2,8(13)14)6-4-3-5(10-6)7(11)12/h5-6,10H,3-4H2,1-2H3,(H,11,12)(H,13,14). The highest BCUT2D eigenvalue weighted by Crippen LogP contribution is 2.29. The predicted octanol–water partition coefficient (Wildman–Crippen LogP) is 0.302. The van der Waals surface area contributed by atoms with E-state index in [1.165, 1.54) is 0 Å². The molecule has 0 amide bonds. The molecule has 0 aliphatic carbocycles. The Hall–Kier alpha value is -1.10. The Balaban J connectivity index is 2.66. The molecule has 14 heavy (non-hydrogen) atoms. The molecule has 1 heterocycles. The molecule has 0 saturated carbocycles. The zero-order chi connectivity index (χ0) is 10.9. The molecule has 2 unspecified atom stereocenters. The Kier molecular flexibility index (Phi) is 2.80. The molecule has 0 aromatic rings. The minimum Gasteiger partial charge on any atom is -0.481 e. The molecular weight excluding hydrogens is 186 g/mol. The van der Waals surface area contributed by atoms with Gasteiger partial charge in [0.2, 0.25) is 0 Å². The van der Waals surface area contributed by atoms with Gasteiger partial charge in [-0.2, -0.15) is 0 Å². The first-order valence-electron chi connectivity index (χ1n) is 4.58. The summed E-state index contributed by atoms with van der Waals surface area (Å²) < 4.78 is 0. The summed E-state index contributed by atoms with van der Waals surface area (Å²) in [6, 6.07) is -0.861. The lowest BCUT2D eigenvalue weighted by atomic mass is 9.84. The average molecular weight is 201 g/mol. The second-order valence-corrected chi connectivity index (χ2v) is 4.21. The fraction of sp³-hybridized carbons (Fsp3) is 0.778. The molecule has 0 radical (unpaired) electrons. The van der Waals surface area contributed by atoms with E-state index in [-0.39, 0.29) is 6.04 Å². The molecule has 80 valence electrons. The van der Waals surface area contributed by atoms with Crippen LogP contribution in [-0.4, -0.2) is 34.2 Å². The van der Waals surface area contributed by atoms with E-state index < -0.39 is 23.4 Å². The van der Waals surface area contributed by atoms with Crippen molar-refractivity contribution in [3.05, 3.63) is 0 Å². The first-order valence-corrected chi connectivity index (χ1v) is 4.58. The quantitative estimate of drug-likeness (QED) is 0.611. The van der Waals surface area contributed by atoms with Gasteiger partial charge >= 0.3 is 11.9 Å². The molecule has 0 bridgehead atoms. The van der Waals surface area contributed by atoms with Crippen LogP contribution in [0, 0.1) is 5.41 Å². The molecule has 5 nitrogen and oxygen atoms in total. The summed E-state index contributed by atoms with van der Waals surface area (Å²) in [7, 11) is 0. The van der Waals surface area contributed by atoms with Gasteiger partial charge in [-0.3, -0.25) is 9.59 Å². The Morgan fingerprint density at radius 2 is 1.86 bits per heavy atom. The summed E-state index contributed by atoms with van der Waals surface area (Å²) in [5.74, 6) is -1.81. The normalized spacial score (nSPS) is 27.6. The van der Waals surface area contributed by atoms with Crippen LogP contribution in [0.25, 0.3) is 0 Å². The maximum Gasteiger partial charge on any atom is 0.320 e. The number of rotatable bonds is 3. The van der Waals surface area contributed by atoms with Gasteiger partial charge in [-0.25, -0.2) is 0 Å². The summed E-state index contributed by atoms with van der Waals surface area (Å²) in [5, 5.41) is 20.5. The van der Waals surface area contributed by atoms with Crippen molar-refractivity contribution >= 4 is 11.9 Å². The van der Waals surface area contributed by atoms with Crippen LogP contribution in [-0.2, 0) is 9.59 Å². The summed E-state index contributed by atoms with van der Waals surface area (Å²) in [6.45, 7) is 3.22. The predicted molar refractivity (Wildman–Crippen MR) is 49.0 cm³/mol. The number of hydrogen-bond donors (Lipinski definition) is 3. The van der Waals surface area contributed by atoms with Crippen molar-refractivity contribution in [2.45, 2.75) is 38.8 Å². The van der Waals surface area contributed by atoms with Crippen molar-refractivity contribution in [1.29, 1.82) is 0 Å². The van der Waals surface area contributed by atoms with Gasteiger partial charge in [-0.05, 0) is 26.7 Å². The smallest absolute Gasteiger partial charge is 0.320 e. The van der Waals surface area contributed by atoms with Crippen LogP contribution in [0.1, 0.15) is 26.7 Å². The van der Waals surface area contributed by atoms with Crippen molar-refractivity contribution in [3.8, 4) is 0 Å². The van der Waals surface area contributed by atoms with Crippen molar-refractivity contribution in [1.82, 2.24) is 5.32 Å². The Morgan fingerprint density at radius 3 is 2.21 bits per heavy atom. The van der Waals surface area contributed by atoms with Crippen LogP contribution in [0.3, 0.4) is 0 Å². The molecule has 0 aromatic carbocycles. The number of carboxylic acids is 2. The fourth-order valence-corrected chi connectivity index (χ4v) is 1.66. The van der Waals surface area contributed by atoms with E-state index in [4.69, 9.17) is 10.2 Å². The van der Waals surface area contributed by atoms with E-state index in [2.05, 4.69) is 5.32 Å². The Morgan fingerprint density at radius 1 is 1.29 bits per heavy atom. The van der Waals surface area contributed by atoms with Crippen LogP contribution >= 0.6 is 0 Å². The fourth-order valence-electron chi connectivity index (χ4n) is 1.66. The second-order valence-electron chi connectivity index (χ2n) is 4.21. The van der Waals surface area contributed by atoms with E-state index in [0.29, 0.717) is 12.8 Å². The summed E-state index contributed by atoms with van der Waals surface area (Å²) in [5.41, 5.74) is -0.913. The number of hydrogen-bond acceptors (Lipinski definition) is 3. The number of carboxylic acid groups (broad SMARTS) is 2. The molecule has 1 saturated heterocycles. The topological polar surface area (TPSA) is 86.6 Å². The molecule has 0 aromatic heterocycles. The Bertz CT molecular complexity index is 262. The van der Waals surface area contributed by atoms with E-state index in [0.717, 1.165) is 0 Å². The lowest BCUT2D eigenvalue weighted by molar-refractivity contribution is -0.149. The van der Waals surface area contributed by atoms with Crippen LogP contribution < -0.4 is 5.32 Å². The molecule has 1 aliphatic rings. The van der Waals surface area contributed by atoms with Crippen LogP contribution in [0.4, 0.5) is 0 Å². The molecule has 1 fully saturated rings. The van der Waals surface area contributed by atoms with E-state index in [9.17, 15) is 9.59 Å². The Labute approximate surface area is 82.1 Å². The van der Waals surface area contributed by atoms with E-state index in [1.54, 1.807) is 13.8 Å². The molecule has 3 N–H and O–H groups in total. The molecule has 0 spiro atoms. The van der Waals surface area contributed by atoms with Gasteiger partial charge in [0.05, 0.1) is 5.41 Å². The minimum atomic E-state index is -0.913. The van der Waals surface area contributed by atoms with E-state index in [1.807, 2.05) is 0 Å². The lowest BCUT2D eigenvalue weighted by Gasteiger charge is -2.27. The van der Waals surface area contributed by atoms with Gasteiger partial charge in [-0.15, -0.1) is 0 Å². The maximum atomic E-state index is 10.9. The second kappa shape index (κ2) is 3.57. The highest BCUT2D eigenvalue weighted by molar-refractivity contribution is 5.76. The van der Waals surface area contributed by atoms with Crippen molar-refractivity contribution < 1.29 is 19.8 Å². The van der Waals surface area contributed by atoms with Gasteiger partial charge < -0.3 is 15.5 Å². The van der Waals surface area contributed by atoms with Crippen LogP contribution in [0.2, 0.25) is 0 Å². The van der Waals surface area contributed by atoms with Gasteiger partial charge in [0.15, 0.2) is 0 Å². The van der Waals surface area contributed by atoms with Gasteiger partial charge in [0.25, 0.3) is 0 Å². The first kappa shape index (κ1) is 11.0. The van der Waals surface area contributed by atoms with E-state index >= 15 is 0 Å². The summed E-state index contributed by atoms with van der Waals surface area (Å²) >= 11 is 0. The average Bonchev–Trinajstić information content (AvgIpc) is 2.51. The number of carbonyl (C=O) groups is 2. The number of nitrogens with one attached hydrogen (secondary N) is 1. The van der Waals surface area contributed by atoms with Gasteiger partial charge in [0, 0.05) is 6.04 Å². The summed E-state index contributed by atoms with van der Waals surface area (Å²) in [4.78, 5) is 21.5. The monoisotopic (exact) mass is 201 g/mol. The molecule has 2 atom stereocenters. The van der Waals surface area contributed by atoms with Crippen molar-refractivity contribution in [2.24, 2.45) is 5.41 Å². The van der Waals surface area contributed by atoms with Gasteiger partial charge in [0.1, 0.15) is 6.04 Å². The highest BCUT2D eigenvalue weighted by Gasteiger charge is 2.42. The minimum absolute atomic E-state index is 0.263. The third-order valence-corrected chi connectivity index (χ3v) is 2.87. The SMILES string of the molecule is CC(C)(C(=O)O)C1CCC(C(=O)O)N1. The summed E-state index contributed by atoms with van der Waals surface area (Å²) in [6.07, 6.45) is 1.09. The van der Waals surface area contributed by atoms with Crippen LogP contribution in [0.5, 0.6) is 0 Å². The molecule has 1 rings (SSSR count). The maximum absolute atomic E-state index is 10.9. The number of aliphatic carboxylic acids is 2. The molecule has 5 heteroatoms. The highest BCUT2D eigenvalue weighted by atomic mass is 16.4.